The van der Waals surface area contributed by atoms with Crippen LogP contribution in [-0.4, -0.2) is 32.3 Å². The van der Waals surface area contributed by atoms with Gasteiger partial charge < -0.3 is 15.2 Å². The Labute approximate surface area is 92.1 Å². The van der Waals surface area contributed by atoms with Crippen LogP contribution < -0.4 is 5.73 Å². The minimum atomic E-state index is -0.652. The van der Waals surface area contributed by atoms with Gasteiger partial charge in [-0.2, -0.15) is 0 Å². The smallest absolute Gasteiger partial charge is 0.315 e. The summed E-state index contributed by atoms with van der Waals surface area (Å²) in [4.78, 5) is 11.8. The van der Waals surface area contributed by atoms with Crippen molar-refractivity contribution < 1.29 is 14.3 Å². The van der Waals surface area contributed by atoms with E-state index in [2.05, 4.69) is 0 Å². The molecule has 0 aromatic carbocycles. The van der Waals surface area contributed by atoms with Gasteiger partial charge in [-0.1, -0.05) is 13.3 Å². The molecule has 2 N–H and O–H groups in total. The number of hydrogen-bond acceptors (Lipinski definition) is 4. The molecule has 0 amide bonds. The summed E-state index contributed by atoms with van der Waals surface area (Å²) in [5.74, 6) is -0.234. The highest BCUT2D eigenvalue weighted by molar-refractivity contribution is 5.77. The second-order valence-electron chi connectivity index (χ2n) is 3.59. The molecule has 0 aliphatic carbocycles. The van der Waals surface area contributed by atoms with Gasteiger partial charge in [-0.15, -0.1) is 0 Å². The predicted molar refractivity (Wildman–Crippen MR) is 59.5 cm³/mol. The van der Waals surface area contributed by atoms with E-state index in [9.17, 15) is 4.79 Å². The number of esters is 1. The summed E-state index contributed by atoms with van der Waals surface area (Å²) in [6.07, 6.45) is 1.60. The van der Waals surface area contributed by atoms with Gasteiger partial charge >= 0.3 is 5.97 Å². The number of ether oxygens (including phenoxy) is 2. The molecule has 1 unspecified atom stereocenters. The van der Waals surface area contributed by atoms with Crippen LogP contribution in [0.3, 0.4) is 0 Å². The molecule has 0 heterocycles. The molecule has 0 aliphatic rings. The zero-order valence-corrected chi connectivity index (χ0v) is 10.0. The van der Waals surface area contributed by atoms with Gasteiger partial charge in [-0.3, -0.25) is 4.79 Å². The number of rotatable bonds is 8. The number of carbonyl (C=O) groups excluding carboxylic acids is 1. The minimum Gasteiger partial charge on any atom is -0.465 e. The standard InChI is InChI=1S/C11H23NO3/c1-4-7-11(8-12,9-14-5-2)10(13)15-6-3/h4-9,12H2,1-3H3. The Morgan fingerprint density at radius 3 is 2.33 bits per heavy atom. The molecular formula is C11H23NO3. The van der Waals surface area contributed by atoms with Crippen LogP contribution in [0, 0.1) is 5.41 Å². The van der Waals surface area contributed by atoms with Gasteiger partial charge in [-0.05, 0) is 20.3 Å². The first-order valence-electron chi connectivity index (χ1n) is 5.61. The molecule has 0 saturated heterocycles. The Bertz CT molecular complexity index is 185. The Morgan fingerprint density at radius 1 is 1.27 bits per heavy atom. The number of nitrogens with two attached hydrogens (primary N) is 1. The second-order valence-corrected chi connectivity index (χ2v) is 3.59. The Morgan fingerprint density at radius 2 is 1.93 bits per heavy atom. The Kier molecular flexibility index (Phi) is 7.34. The lowest BCUT2D eigenvalue weighted by Gasteiger charge is -2.29. The normalized spacial score (nSPS) is 14.7. The van der Waals surface area contributed by atoms with E-state index in [-0.39, 0.29) is 12.5 Å². The molecule has 4 heteroatoms. The monoisotopic (exact) mass is 217 g/mol. The number of hydrogen-bond donors (Lipinski definition) is 1. The fourth-order valence-corrected chi connectivity index (χ4v) is 1.54. The summed E-state index contributed by atoms with van der Waals surface area (Å²) >= 11 is 0. The van der Waals surface area contributed by atoms with Crippen molar-refractivity contribution in [3.8, 4) is 0 Å². The fraction of sp³-hybridized carbons (Fsp3) is 0.909. The fourth-order valence-electron chi connectivity index (χ4n) is 1.54. The van der Waals surface area contributed by atoms with Crippen LogP contribution in [-0.2, 0) is 14.3 Å². The van der Waals surface area contributed by atoms with Crippen LogP contribution in [0.1, 0.15) is 33.6 Å². The van der Waals surface area contributed by atoms with Crippen molar-refractivity contribution in [3.63, 3.8) is 0 Å². The summed E-state index contributed by atoms with van der Waals surface area (Å²) in [5, 5.41) is 0. The third kappa shape index (κ3) is 4.18. The molecule has 4 nitrogen and oxygen atoms in total. The van der Waals surface area contributed by atoms with Crippen LogP contribution in [0.15, 0.2) is 0 Å². The number of carbonyl (C=O) groups is 1. The molecule has 15 heavy (non-hydrogen) atoms. The largest absolute Gasteiger partial charge is 0.465 e. The highest BCUT2D eigenvalue weighted by Crippen LogP contribution is 2.25. The third-order valence-electron chi connectivity index (χ3n) is 2.41. The van der Waals surface area contributed by atoms with Crippen molar-refractivity contribution in [1.82, 2.24) is 0 Å². The molecule has 1 atom stereocenters. The van der Waals surface area contributed by atoms with Gasteiger partial charge in [0.15, 0.2) is 0 Å². The molecule has 0 radical (unpaired) electrons. The maximum atomic E-state index is 11.8. The van der Waals surface area contributed by atoms with Crippen molar-refractivity contribution in [2.24, 2.45) is 11.1 Å². The lowest BCUT2D eigenvalue weighted by atomic mass is 9.84. The SMILES string of the molecule is CCCC(CN)(COCC)C(=O)OCC. The highest BCUT2D eigenvalue weighted by Gasteiger charge is 2.38. The molecule has 0 saturated carbocycles. The van der Waals surface area contributed by atoms with E-state index < -0.39 is 5.41 Å². The summed E-state index contributed by atoms with van der Waals surface area (Å²) in [6.45, 7) is 7.33. The van der Waals surface area contributed by atoms with E-state index in [0.29, 0.717) is 26.2 Å². The Balaban J connectivity index is 4.54. The zero-order chi connectivity index (χ0) is 11.7. The summed E-state index contributed by atoms with van der Waals surface area (Å²) in [6, 6.07) is 0. The molecular weight excluding hydrogens is 194 g/mol. The van der Waals surface area contributed by atoms with E-state index in [4.69, 9.17) is 15.2 Å². The molecule has 0 aromatic heterocycles. The van der Waals surface area contributed by atoms with E-state index in [0.717, 1.165) is 6.42 Å². The average Bonchev–Trinajstić information content (AvgIpc) is 2.24. The molecule has 0 aliphatic heterocycles. The molecule has 0 fully saturated rings. The van der Waals surface area contributed by atoms with Gasteiger partial charge in [-0.25, -0.2) is 0 Å². The Hall–Kier alpha value is -0.610. The predicted octanol–water partition coefficient (Wildman–Crippen LogP) is 1.33. The van der Waals surface area contributed by atoms with E-state index in [1.165, 1.54) is 0 Å². The summed E-state index contributed by atoms with van der Waals surface area (Å²) in [5.41, 5.74) is 5.03. The van der Waals surface area contributed by atoms with Crippen LogP contribution in [0.4, 0.5) is 0 Å². The zero-order valence-electron chi connectivity index (χ0n) is 10.0. The maximum absolute atomic E-state index is 11.8. The van der Waals surface area contributed by atoms with Crippen molar-refractivity contribution in [2.45, 2.75) is 33.6 Å². The van der Waals surface area contributed by atoms with Gasteiger partial charge in [0.25, 0.3) is 0 Å². The summed E-state index contributed by atoms with van der Waals surface area (Å²) < 4.78 is 10.4. The summed E-state index contributed by atoms with van der Waals surface area (Å²) in [7, 11) is 0. The molecule has 0 rings (SSSR count). The van der Waals surface area contributed by atoms with Crippen LogP contribution in [0.5, 0.6) is 0 Å². The topological polar surface area (TPSA) is 61.5 Å². The lowest BCUT2D eigenvalue weighted by molar-refractivity contribution is -0.159. The molecule has 90 valence electrons. The van der Waals surface area contributed by atoms with Crippen LogP contribution in [0.25, 0.3) is 0 Å². The quantitative estimate of drug-likeness (QED) is 0.623. The van der Waals surface area contributed by atoms with Gasteiger partial charge in [0.1, 0.15) is 5.41 Å². The van der Waals surface area contributed by atoms with E-state index >= 15 is 0 Å². The van der Waals surface area contributed by atoms with Crippen LogP contribution in [0.2, 0.25) is 0 Å². The third-order valence-corrected chi connectivity index (χ3v) is 2.41. The highest BCUT2D eigenvalue weighted by atomic mass is 16.5. The second kappa shape index (κ2) is 7.65. The molecule has 0 spiro atoms. The van der Waals surface area contributed by atoms with Crippen molar-refractivity contribution in [3.05, 3.63) is 0 Å². The van der Waals surface area contributed by atoms with Crippen molar-refractivity contribution in [2.75, 3.05) is 26.4 Å². The van der Waals surface area contributed by atoms with Gasteiger partial charge in [0.2, 0.25) is 0 Å². The average molecular weight is 217 g/mol. The molecule has 0 bridgehead atoms. The van der Waals surface area contributed by atoms with Crippen LogP contribution >= 0.6 is 0 Å². The van der Waals surface area contributed by atoms with Crippen molar-refractivity contribution in [1.29, 1.82) is 0 Å². The maximum Gasteiger partial charge on any atom is 0.315 e. The molecule has 0 aromatic rings. The first-order valence-corrected chi connectivity index (χ1v) is 5.61. The lowest BCUT2D eigenvalue weighted by Crippen LogP contribution is -2.44. The van der Waals surface area contributed by atoms with E-state index in [1.807, 2.05) is 13.8 Å². The minimum absolute atomic E-state index is 0.234. The van der Waals surface area contributed by atoms with Gasteiger partial charge in [0.05, 0.1) is 13.2 Å². The van der Waals surface area contributed by atoms with Crippen molar-refractivity contribution >= 4 is 5.97 Å². The first-order chi connectivity index (χ1) is 7.16. The van der Waals surface area contributed by atoms with E-state index in [1.54, 1.807) is 6.92 Å². The van der Waals surface area contributed by atoms with Gasteiger partial charge in [0, 0.05) is 13.2 Å². The first kappa shape index (κ1) is 14.4.